The minimum absolute atomic E-state index is 0.0224. The maximum absolute atomic E-state index is 12.3. The lowest BCUT2D eigenvalue weighted by atomic mass is 10.1. The fourth-order valence-corrected chi connectivity index (χ4v) is 2.97. The van der Waals surface area contributed by atoms with Gasteiger partial charge in [-0.25, -0.2) is 0 Å². The van der Waals surface area contributed by atoms with Gasteiger partial charge in [0.05, 0.1) is 11.0 Å². The predicted octanol–water partition coefficient (Wildman–Crippen LogP) is 2.23. The van der Waals surface area contributed by atoms with Crippen molar-refractivity contribution < 1.29 is 9.90 Å². The molecule has 0 radical (unpaired) electrons. The number of nitrogens with zero attached hydrogens (tertiary/aromatic N) is 1. The van der Waals surface area contributed by atoms with Gasteiger partial charge in [0.2, 0.25) is 0 Å². The first kappa shape index (κ1) is 11.4. The van der Waals surface area contributed by atoms with Crippen LogP contribution in [0, 0.1) is 0 Å². The zero-order chi connectivity index (χ0) is 12.5. The lowest BCUT2D eigenvalue weighted by Crippen LogP contribution is -2.53. The van der Waals surface area contributed by atoms with Crippen LogP contribution in [0.5, 0.6) is 0 Å². The molecule has 0 bridgehead atoms. The van der Waals surface area contributed by atoms with Gasteiger partial charge in [0.15, 0.2) is 0 Å². The number of carbonyl (C=O) groups excluding carboxylic acids is 1. The number of rotatable bonds is 2. The van der Waals surface area contributed by atoms with Crippen LogP contribution in [0.15, 0.2) is 41.8 Å². The quantitative estimate of drug-likeness (QED) is 0.898. The van der Waals surface area contributed by atoms with E-state index in [0.29, 0.717) is 13.1 Å². The molecular formula is C14H13NO2S. The Morgan fingerprint density at radius 3 is 2.61 bits per heavy atom. The van der Waals surface area contributed by atoms with Crippen molar-refractivity contribution >= 4 is 17.2 Å². The van der Waals surface area contributed by atoms with Crippen LogP contribution in [-0.2, 0) is 0 Å². The summed E-state index contributed by atoms with van der Waals surface area (Å²) in [5.74, 6) is 0.0224. The highest BCUT2D eigenvalue weighted by Gasteiger charge is 2.31. The molecule has 1 saturated heterocycles. The second-order valence-corrected chi connectivity index (χ2v) is 5.31. The van der Waals surface area contributed by atoms with E-state index in [-0.39, 0.29) is 12.0 Å². The van der Waals surface area contributed by atoms with E-state index in [1.807, 2.05) is 41.8 Å². The molecular weight excluding hydrogens is 246 g/mol. The van der Waals surface area contributed by atoms with E-state index >= 15 is 0 Å². The van der Waals surface area contributed by atoms with Crippen molar-refractivity contribution in [1.29, 1.82) is 0 Å². The summed E-state index contributed by atoms with van der Waals surface area (Å²) >= 11 is 1.46. The molecule has 2 aromatic rings. The Balaban J connectivity index is 1.90. The fraction of sp³-hybridized carbons (Fsp3) is 0.214. The molecule has 3 rings (SSSR count). The number of aliphatic hydroxyl groups excluding tert-OH is 1. The molecule has 1 amide bonds. The third kappa shape index (κ3) is 1.94. The summed E-state index contributed by atoms with van der Waals surface area (Å²) in [6.45, 7) is 0.899. The van der Waals surface area contributed by atoms with E-state index in [9.17, 15) is 9.90 Å². The second kappa shape index (κ2) is 4.55. The van der Waals surface area contributed by atoms with Crippen molar-refractivity contribution in [2.24, 2.45) is 0 Å². The molecule has 1 aromatic heterocycles. The molecule has 92 valence electrons. The minimum Gasteiger partial charge on any atom is -0.389 e. The van der Waals surface area contributed by atoms with Crippen LogP contribution in [0.1, 0.15) is 9.67 Å². The van der Waals surface area contributed by atoms with Gasteiger partial charge in [-0.3, -0.25) is 4.79 Å². The standard InChI is InChI=1S/C14H13NO2S/c16-11-8-15(9-11)14(17)13-12(6-7-18-13)10-4-2-1-3-5-10/h1-7,11,16H,8-9H2. The van der Waals surface area contributed by atoms with Gasteiger partial charge in [0.25, 0.3) is 5.91 Å². The van der Waals surface area contributed by atoms with E-state index in [0.717, 1.165) is 16.0 Å². The molecule has 2 heterocycles. The SMILES string of the molecule is O=C(c1sccc1-c1ccccc1)N1CC(O)C1. The fourth-order valence-electron chi connectivity index (χ4n) is 2.08. The number of carbonyl (C=O) groups is 1. The van der Waals surface area contributed by atoms with Crippen molar-refractivity contribution in [1.82, 2.24) is 4.90 Å². The van der Waals surface area contributed by atoms with Crippen LogP contribution >= 0.6 is 11.3 Å². The van der Waals surface area contributed by atoms with Crippen molar-refractivity contribution in [2.75, 3.05) is 13.1 Å². The average molecular weight is 259 g/mol. The van der Waals surface area contributed by atoms with Crippen molar-refractivity contribution in [3.63, 3.8) is 0 Å². The van der Waals surface area contributed by atoms with Crippen LogP contribution in [0.3, 0.4) is 0 Å². The molecule has 1 aliphatic rings. The minimum atomic E-state index is -0.353. The number of amides is 1. The largest absolute Gasteiger partial charge is 0.389 e. The number of hydrogen-bond donors (Lipinski definition) is 1. The third-order valence-electron chi connectivity index (χ3n) is 3.09. The molecule has 0 aliphatic carbocycles. The molecule has 0 unspecified atom stereocenters. The number of aliphatic hydroxyl groups is 1. The van der Waals surface area contributed by atoms with Crippen molar-refractivity contribution in [3.8, 4) is 11.1 Å². The van der Waals surface area contributed by atoms with Gasteiger partial charge in [-0.15, -0.1) is 11.3 Å². The van der Waals surface area contributed by atoms with Gasteiger partial charge in [0, 0.05) is 18.7 Å². The molecule has 18 heavy (non-hydrogen) atoms. The molecule has 3 nitrogen and oxygen atoms in total. The molecule has 1 aliphatic heterocycles. The summed E-state index contributed by atoms with van der Waals surface area (Å²) in [5, 5.41) is 11.2. The van der Waals surface area contributed by atoms with Crippen LogP contribution < -0.4 is 0 Å². The number of likely N-dealkylation sites (tertiary alicyclic amines) is 1. The number of hydrogen-bond acceptors (Lipinski definition) is 3. The Morgan fingerprint density at radius 1 is 1.22 bits per heavy atom. The summed E-state index contributed by atoms with van der Waals surface area (Å²) in [6.07, 6.45) is -0.353. The predicted molar refractivity (Wildman–Crippen MR) is 71.7 cm³/mol. The summed E-state index contributed by atoms with van der Waals surface area (Å²) < 4.78 is 0. The highest BCUT2D eigenvalue weighted by molar-refractivity contribution is 7.12. The first-order valence-corrected chi connectivity index (χ1v) is 6.74. The van der Waals surface area contributed by atoms with Crippen LogP contribution in [0.4, 0.5) is 0 Å². The maximum atomic E-state index is 12.3. The summed E-state index contributed by atoms with van der Waals surface area (Å²) in [5.41, 5.74) is 2.04. The first-order chi connectivity index (χ1) is 8.75. The Bertz CT molecular complexity index is 558. The molecule has 0 spiro atoms. The smallest absolute Gasteiger partial charge is 0.264 e. The van der Waals surface area contributed by atoms with Gasteiger partial charge in [0.1, 0.15) is 0 Å². The van der Waals surface area contributed by atoms with Gasteiger partial charge >= 0.3 is 0 Å². The van der Waals surface area contributed by atoms with Gasteiger partial charge in [-0.1, -0.05) is 30.3 Å². The van der Waals surface area contributed by atoms with Crippen LogP contribution in [-0.4, -0.2) is 35.1 Å². The molecule has 0 saturated carbocycles. The van der Waals surface area contributed by atoms with E-state index < -0.39 is 0 Å². The Labute approximate surface area is 109 Å². The zero-order valence-corrected chi connectivity index (χ0v) is 10.6. The van der Waals surface area contributed by atoms with Crippen LogP contribution in [0.2, 0.25) is 0 Å². The van der Waals surface area contributed by atoms with Crippen LogP contribution in [0.25, 0.3) is 11.1 Å². The van der Waals surface area contributed by atoms with Gasteiger partial charge in [-0.05, 0) is 17.0 Å². The molecule has 1 fully saturated rings. The second-order valence-electron chi connectivity index (χ2n) is 4.39. The number of benzene rings is 1. The van der Waals surface area contributed by atoms with E-state index in [1.165, 1.54) is 11.3 Å². The Hall–Kier alpha value is -1.65. The van der Waals surface area contributed by atoms with Gasteiger partial charge in [-0.2, -0.15) is 0 Å². The Kier molecular flexibility index (Phi) is 2.89. The monoisotopic (exact) mass is 259 g/mol. The highest BCUT2D eigenvalue weighted by Crippen LogP contribution is 2.30. The lowest BCUT2D eigenvalue weighted by Gasteiger charge is -2.35. The normalized spacial score (nSPS) is 15.5. The van der Waals surface area contributed by atoms with E-state index in [4.69, 9.17) is 0 Å². The van der Waals surface area contributed by atoms with Crippen molar-refractivity contribution in [3.05, 3.63) is 46.7 Å². The highest BCUT2D eigenvalue weighted by atomic mass is 32.1. The maximum Gasteiger partial charge on any atom is 0.264 e. The summed E-state index contributed by atoms with van der Waals surface area (Å²) in [7, 11) is 0. The molecule has 0 atom stereocenters. The lowest BCUT2D eigenvalue weighted by molar-refractivity contribution is 0.00627. The number of thiophene rings is 1. The summed E-state index contributed by atoms with van der Waals surface area (Å²) in [6, 6.07) is 11.9. The molecule has 4 heteroatoms. The zero-order valence-electron chi connectivity index (χ0n) is 9.74. The first-order valence-electron chi connectivity index (χ1n) is 5.86. The molecule has 1 aromatic carbocycles. The number of β-amino-alcohol motifs (C(OH)–C–C–N with tert-alkyl or cyclic N) is 1. The van der Waals surface area contributed by atoms with Crippen molar-refractivity contribution in [2.45, 2.75) is 6.10 Å². The summed E-state index contributed by atoms with van der Waals surface area (Å²) in [4.78, 5) is 14.7. The van der Waals surface area contributed by atoms with Gasteiger partial charge < -0.3 is 10.0 Å². The van der Waals surface area contributed by atoms with E-state index in [2.05, 4.69) is 0 Å². The average Bonchev–Trinajstić information content (AvgIpc) is 2.84. The molecule has 1 N–H and O–H groups in total. The third-order valence-corrected chi connectivity index (χ3v) is 4.00. The topological polar surface area (TPSA) is 40.5 Å². The van der Waals surface area contributed by atoms with E-state index in [1.54, 1.807) is 4.90 Å². The Morgan fingerprint density at radius 2 is 1.94 bits per heavy atom.